The molecule has 2 rings (SSSR count). The second kappa shape index (κ2) is 6.15. The van der Waals surface area contributed by atoms with Crippen molar-refractivity contribution < 1.29 is 4.79 Å². The minimum atomic E-state index is -0.596. The van der Waals surface area contributed by atoms with E-state index >= 15 is 0 Å². The third kappa shape index (κ3) is 3.00. The van der Waals surface area contributed by atoms with E-state index in [1.54, 1.807) is 0 Å². The van der Waals surface area contributed by atoms with E-state index in [2.05, 4.69) is 22.0 Å². The summed E-state index contributed by atoms with van der Waals surface area (Å²) in [6.45, 7) is 0. The zero-order valence-electron chi connectivity index (χ0n) is 10.2. The molecule has 1 fully saturated rings. The number of Topliss-reactive ketones (excluding diaryl/α,β-unsaturated/α-hetero) is 1. The van der Waals surface area contributed by atoms with Gasteiger partial charge < -0.3 is 0 Å². The Morgan fingerprint density at radius 2 is 1.83 bits per heavy atom. The van der Waals surface area contributed by atoms with Gasteiger partial charge in [0.1, 0.15) is 5.92 Å². The van der Waals surface area contributed by atoms with Crippen LogP contribution in [0.25, 0.3) is 0 Å². The lowest BCUT2D eigenvalue weighted by molar-refractivity contribution is -0.124. The predicted molar refractivity (Wildman–Crippen MR) is 74.1 cm³/mol. The molecule has 2 nitrogen and oxygen atoms in total. The summed E-state index contributed by atoms with van der Waals surface area (Å²) >= 11 is 3.36. The van der Waals surface area contributed by atoms with E-state index < -0.39 is 5.92 Å². The van der Waals surface area contributed by atoms with Crippen LogP contribution in [0, 0.1) is 17.2 Å². The Bertz CT molecular complexity index is 454. The summed E-state index contributed by atoms with van der Waals surface area (Å²) in [7, 11) is 0. The standard InChI is InChI=1S/C15H16BrNO/c16-13-8-6-11(7-9-13)14(10-17)15(18)12-4-2-1-3-5-12/h6-9,12,14H,1-5H2. The third-order valence-electron chi connectivity index (χ3n) is 3.62. The molecule has 1 aromatic rings. The predicted octanol–water partition coefficient (Wildman–Crippen LogP) is 4.21. The zero-order chi connectivity index (χ0) is 13.0. The lowest BCUT2D eigenvalue weighted by Gasteiger charge is -2.22. The van der Waals surface area contributed by atoms with Crippen molar-refractivity contribution in [1.29, 1.82) is 5.26 Å². The Hall–Kier alpha value is -1.14. The highest BCUT2D eigenvalue weighted by molar-refractivity contribution is 9.10. The summed E-state index contributed by atoms with van der Waals surface area (Å²) in [6.07, 6.45) is 5.37. The molecular weight excluding hydrogens is 290 g/mol. The first-order valence-corrected chi connectivity index (χ1v) is 7.20. The van der Waals surface area contributed by atoms with Crippen molar-refractivity contribution in [3.8, 4) is 6.07 Å². The van der Waals surface area contributed by atoms with E-state index in [1.807, 2.05) is 24.3 Å². The van der Waals surface area contributed by atoms with E-state index in [-0.39, 0.29) is 11.7 Å². The van der Waals surface area contributed by atoms with Crippen molar-refractivity contribution in [2.24, 2.45) is 5.92 Å². The van der Waals surface area contributed by atoms with Crippen LogP contribution >= 0.6 is 15.9 Å². The van der Waals surface area contributed by atoms with Gasteiger partial charge in [0.2, 0.25) is 0 Å². The number of nitriles is 1. The molecule has 0 radical (unpaired) electrons. The highest BCUT2D eigenvalue weighted by atomic mass is 79.9. The summed E-state index contributed by atoms with van der Waals surface area (Å²) in [5.41, 5.74) is 0.816. The van der Waals surface area contributed by atoms with Crippen molar-refractivity contribution in [3.05, 3.63) is 34.3 Å². The number of carbonyl (C=O) groups is 1. The quantitative estimate of drug-likeness (QED) is 0.839. The number of hydrogen-bond acceptors (Lipinski definition) is 2. The van der Waals surface area contributed by atoms with Crippen LogP contribution < -0.4 is 0 Å². The number of rotatable bonds is 3. The number of hydrogen-bond donors (Lipinski definition) is 0. The largest absolute Gasteiger partial charge is 0.298 e. The molecule has 1 aromatic carbocycles. The molecule has 1 atom stereocenters. The van der Waals surface area contributed by atoms with E-state index in [4.69, 9.17) is 0 Å². The van der Waals surface area contributed by atoms with Gasteiger partial charge >= 0.3 is 0 Å². The molecule has 0 aromatic heterocycles. The summed E-state index contributed by atoms with van der Waals surface area (Å²) in [6, 6.07) is 9.66. The molecule has 1 unspecified atom stereocenters. The minimum absolute atomic E-state index is 0.0899. The van der Waals surface area contributed by atoms with Gasteiger partial charge in [0.05, 0.1) is 6.07 Å². The molecular formula is C15H16BrNO. The lowest BCUT2D eigenvalue weighted by Crippen LogP contribution is -2.23. The maximum Gasteiger partial charge on any atom is 0.157 e. The summed E-state index contributed by atoms with van der Waals surface area (Å²) in [5.74, 6) is -0.396. The van der Waals surface area contributed by atoms with Gasteiger partial charge in [-0.25, -0.2) is 0 Å². The van der Waals surface area contributed by atoms with Crippen molar-refractivity contribution in [3.63, 3.8) is 0 Å². The van der Waals surface area contributed by atoms with Crippen LogP contribution in [-0.2, 0) is 4.79 Å². The second-order valence-electron chi connectivity index (χ2n) is 4.85. The molecule has 1 aliphatic rings. The van der Waals surface area contributed by atoms with E-state index in [0.717, 1.165) is 35.7 Å². The van der Waals surface area contributed by atoms with Gasteiger partial charge in [-0.1, -0.05) is 47.3 Å². The minimum Gasteiger partial charge on any atom is -0.298 e. The average Bonchev–Trinajstić information content (AvgIpc) is 2.42. The smallest absolute Gasteiger partial charge is 0.157 e. The summed E-state index contributed by atoms with van der Waals surface area (Å²) in [5, 5.41) is 9.27. The molecule has 0 heterocycles. The number of benzene rings is 1. The topological polar surface area (TPSA) is 40.9 Å². The van der Waals surface area contributed by atoms with Gasteiger partial charge in [0, 0.05) is 10.4 Å². The van der Waals surface area contributed by atoms with Gasteiger partial charge in [-0.15, -0.1) is 0 Å². The van der Waals surface area contributed by atoms with Crippen LogP contribution in [0.4, 0.5) is 0 Å². The van der Waals surface area contributed by atoms with Crippen LogP contribution in [-0.4, -0.2) is 5.78 Å². The Balaban J connectivity index is 2.15. The van der Waals surface area contributed by atoms with Crippen LogP contribution in [0.2, 0.25) is 0 Å². The average molecular weight is 306 g/mol. The number of carbonyl (C=O) groups excluding carboxylic acids is 1. The molecule has 0 amide bonds. The number of nitrogens with zero attached hydrogens (tertiary/aromatic N) is 1. The first-order chi connectivity index (χ1) is 8.72. The molecule has 1 aliphatic carbocycles. The first kappa shape index (κ1) is 13.3. The summed E-state index contributed by atoms with van der Waals surface area (Å²) < 4.78 is 0.966. The normalized spacial score (nSPS) is 18.0. The SMILES string of the molecule is N#CC(C(=O)C1CCCCC1)c1ccc(Br)cc1. The van der Waals surface area contributed by atoms with Crippen LogP contribution in [0.15, 0.2) is 28.7 Å². The Labute approximate surface area is 116 Å². The highest BCUT2D eigenvalue weighted by Crippen LogP contribution is 2.30. The molecule has 0 N–H and O–H groups in total. The molecule has 94 valence electrons. The van der Waals surface area contributed by atoms with Crippen molar-refractivity contribution in [2.45, 2.75) is 38.0 Å². The van der Waals surface area contributed by atoms with Crippen molar-refractivity contribution >= 4 is 21.7 Å². The maximum absolute atomic E-state index is 12.4. The number of ketones is 1. The van der Waals surface area contributed by atoms with Crippen LogP contribution in [0.3, 0.4) is 0 Å². The lowest BCUT2D eigenvalue weighted by atomic mass is 9.80. The summed E-state index contributed by atoms with van der Waals surface area (Å²) in [4.78, 5) is 12.4. The van der Waals surface area contributed by atoms with Crippen LogP contribution in [0.5, 0.6) is 0 Å². The zero-order valence-corrected chi connectivity index (χ0v) is 11.8. The van der Waals surface area contributed by atoms with Crippen molar-refractivity contribution in [2.75, 3.05) is 0 Å². The Morgan fingerprint density at radius 1 is 1.22 bits per heavy atom. The van der Waals surface area contributed by atoms with Crippen LogP contribution in [0.1, 0.15) is 43.6 Å². The third-order valence-corrected chi connectivity index (χ3v) is 4.15. The molecule has 18 heavy (non-hydrogen) atoms. The maximum atomic E-state index is 12.4. The molecule has 0 spiro atoms. The fourth-order valence-electron chi connectivity index (χ4n) is 2.58. The van der Waals surface area contributed by atoms with Gasteiger partial charge in [0.15, 0.2) is 5.78 Å². The monoisotopic (exact) mass is 305 g/mol. The molecule has 1 saturated carbocycles. The Morgan fingerprint density at radius 3 is 2.39 bits per heavy atom. The molecule has 0 bridgehead atoms. The van der Waals surface area contributed by atoms with E-state index in [9.17, 15) is 10.1 Å². The van der Waals surface area contributed by atoms with E-state index in [1.165, 1.54) is 6.42 Å². The van der Waals surface area contributed by atoms with Gasteiger partial charge in [0.25, 0.3) is 0 Å². The van der Waals surface area contributed by atoms with Gasteiger partial charge in [-0.3, -0.25) is 4.79 Å². The van der Waals surface area contributed by atoms with Gasteiger partial charge in [-0.05, 0) is 30.5 Å². The first-order valence-electron chi connectivity index (χ1n) is 6.41. The number of halogens is 1. The van der Waals surface area contributed by atoms with E-state index in [0.29, 0.717) is 0 Å². The second-order valence-corrected chi connectivity index (χ2v) is 5.77. The molecule has 3 heteroatoms. The van der Waals surface area contributed by atoms with Crippen molar-refractivity contribution in [1.82, 2.24) is 0 Å². The highest BCUT2D eigenvalue weighted by Gasteiger charge is 2.29. The fourth-order valence-corrected chi connectivity index (χ4v) is 2.84. The molecule has 0 saturated heterocycles. The fraction of sp³-hybridized carbons (Fsp3) is 0.467. The molecule has 0 aliphatic heterocycles. The Kier molecular flexibility index (Phi) is 4.54. The van der Waals surface area contributed by atoms with Gasteiger partial charge in [-0.2, -0.15) is 5.26 Å².